The number of piperidine rings is 1. The normalized spacial score (nSPS) is 19.5. The molecule has 0 radical (unpaired) electrons. The smallest absolute Gasteiger partial charge is 0.323 e. The number of carbonyl (C=O) groups is 3. The van der Waals surface area contributed by atoms with Crippen molar-refractivity contribution >= 4 is 23.6 Å². The number of rotatable bonds is 6. The van der Waals surface area contributed by atoms with E-state index in [2.05, 4.69) is 21.7 Å². The van der Waals surface area contributed by atoms with Crippen molar-refractivity contribution in [2.45, 2.75) is 32.1 Å². The van der Waals surface area contributed by atoms with Gasteiger partial charge in [-0.05, 0) is 30.9 Å². The first-order valence-electron chi connectivity index (χ1n) is 9.03. The number of aryl methyl sites for hydroxylation is 1. The number of pyridine rings is 1. The van der Waals surface area contributed by atoms with E-state index >= 15 is 0 Å². The number of aromatic nitrogens is 1. The van der Waals surface area contributed by atoms with Crippen molar-refractivity contribution in [3.63, 3.8) is 0 Å². The molecule has 8 heteroatoms. The standard InChI is InChI=1S/C18H24N4O4/c23-15-10-13(6-9-22(15)11-16(24)25)18(26)20-8-5-14-4-3-12-2-1-7-19-17(12)21-14/h3-4,13H,1-2,5-11H2,(H,19,21)(H,20,26)(H,24,25). The fraction of sp³-hybridized carbons (Fsp3) is 0.556. The quantitative estimate of drug-likeness (QED) is 0.678. The molecule has 3 N–H and O–H groups in total. The number of fused-ring (bicyclic) bond motifs is 1. The fourth-order valence-corrected chi connectivity index (χ4v) is 3.40. The number of carboxylic acid groups (broad SMARTS) is 1. The highest BCUT2D eigenvalue weighted by Gasteiger charge is 2.31. The maximum Gasteiger partial charge on any atom is 0.323 e. The van der Waals surface area contributed by atoms with Crippen LogP contribution in [0.1, 0.15) is 30.5 Å². The molecule has 1 fully saturated rings. The number of anilines is 1. The summed E-state index contributed by atoms with van der Waals surface area (Å²) in [6.07, 6.45) is 3.35. The Balaban J connectivity index is 1.44. The Bertz CT molecular complexity index is 706. The highest BCUT2D eigenvalue weighted by Crippen LogP contribution is 2.20. The minimum absolute atomic E-state index is 0.0696. The fourth-order valence-electron chi connectivity index (χ4n) is 3.40. The number of amides is 2. The van der Waals surface area contributed by atoms with Crippen LogP contribution in [0.2, 0.25) is 0 Å². The first-order chi connectivity index (χ1) is 12.5. The predicted octanol–water partition coefficient (Wildman–Crippen LogP) is 0.422. The summed E-state index contributed by atoms with van der Waals surface area (Å²) in [4.78, 5) is 40.8. The topological polar surface area (TPSA) is 112 Å². The van der Waals surface area contributed by atoms with Crippen LogP contribution in [0.5, 0.6) is 0 Å². The predicted molar refractivity (Wildman–Crippen MR) is 94.7 cm³/mol. The van der Waals surface area contributed by atoms with Crippen LogP contribution in [-0.4, -0.2) is 59.0 Å². The van der Waals surface area contributed by atoms with Crippen LogP contribution >= 0.6 is 0 Å². The van der Waals surface area contributed by atoms with E-state index in [4.69, 9.17) is 5.11 Å². The van der Waals surface area contributed by atoms with Crippen molar-refractivity contribution in [3.8, 4) is 0 Å². The van der Waals surface area contributed by atoms with Crippen LogP contribution < -0.4 is 10.6 Å². The monoisotopic (exact) mass is 360 g/mol. The third-order valence-corrected chi connectivity index (χ3v) is 4.85. The zero-order valence-electron chi connectivity index (χ0n) is 14.7. The van der Waals surface area contributed by atoms with Crippen molar-refractivity contribution in [1.82, 2.24) is 15.2 Å². The van der Waals surface area contributed by atoms with E-state index in [9.17, 15) is 14.4 Å². The van der Waals surface area contributed by atoms with Gasteiger partial charge in [0.2, 0.25) is 11.8 Å². The van der Waals surface area contributed by atoms with Crippen LogP contribution in [-0.2, 0) is 27.2 Å². The molecule has 0 saturated carbocycles. The molecule has 1 aromatic heterocycles. The number of hydrogen-bond donors (Lipinski definition) is 3. The summed E-state index contributed by atoms with van der Waals surface area (Å²) in [5, 5.41) is 14.9. The van der Waals surface area contributed by atoms with E-state index in [-0.39, 0.29) is 30.7 Å². The second-order valence-electron chi connectivity index (χ2n) is 6.78. The Labute approximate surface area is 152 Å². The third-order valence-electron chi connectivity index (χ3n) is 4.85. The molecule has 3 heterocycles. The highest BCUT2D eigenvalue weighted by molar-refractivity contribution is 5.88. The van der Waals surface area contributed by atoms with Gasteiger partial charge < -0.3 is 20.6 Å². The largest absolute Gasteiger partial charge is 0.480 e. The summed E-state index contributed by atoms with van der Waals surface area (Å²) >= 11 is 0. The molecule has 3 rings (SSSR count). The summed E-state index contributed by atoms with van der Waals surface area (Å²) in [6.45, 7) is 1.41. The molecule has 1 unspecified atom stereocenters. The summed E-state index contributed by atoms with van der Waals surface area (Å²) in [5.41, 5.74) is 2.15. The molecule has 1 saturated heterocycles. The van der Waals surface area contributed by atoms with Gasteiger partial charge in [0.15, 0.2) is 0 Å². The van der Waals surface area contributed by atoms with Crippen molar-refractivity contribution in [2.24, 2.45) is 5.92 Å². The maximum absolute atomic E-state index is 12.3. The number of hydrogen-bond acceptors (Lipinski definition) is 5. The van der Waals surface area contributed by atoms with E-state index in [1.54, 1.807) is 0 Å². The van der Waals surface area contributed by atoms with Gasteiger partial charge in [-0.25, -0.2) is 4.98 Å². The molecule has 2 amide bonds. The number of nitrogens with one attached hydrogen (secondary N) is 2. The van der Waals surface area contributed by atoms with Crippen LogP contribution in [0.4, 0.5) is 5.82 Å². The van der Waals surface area contributed by atoms with Gasteiger partial charge in [-0.3, -0.25) is 14.4 Å². The Morgan fingerprint density at radius 3 is 3.00 bits per heavy atom. The molecule has 1 aromatic rings. The Morgan fingerprint density at radius 1 is 1.38 bits per heavy atom. The van der Waals surface area contributed by atoms with Crippen LogP contribution in [0, 0.1) is 5.92 Å². The van der Waals surface area contributed by atoms with Gasteiger partial charge in [-0.15, -0.1) is 0 Å². The lowest BCUT2D eigenvalue weighted by molar-refractivity contribution is -0.147. The Morgan fingerprint density at radius 2 is 2.23 bits per heavy atom. The van der Waals surface area contributed by atoms with Crippen molar-refractivity contribution < 1.29 is 19.5 Å². The molecule has 2 aliphatic rings. The average Bonchev–Trinajstić information content (AvgIpc) is 2.63. The third kappa shape index (κ3) is 4.50. The lowest BCUT2D eigenvalue weighted by Gasteiger charge is -2.29. The van der Waals surface area contributed by atoms with Gasteiger partial charge >= 0.3 is 5.97 Å². The van der Waals surface area contributed by atoms with E-state index in [0.29, 0.717) is 25.9 Å². The van der Waals surface area contributed by atoms with Gasteiger partial charge in [0.1, 0.15) is 12.4 Å². The number of carbonyl (C=O) groups excluding carboxylic acids is 2. The molecule has 0 spiro atoms. The zero-order valence-corrected chi connectivity index (χ0v) is 14.7. The highest BCUT2D eigenvalue weighted by atomic mass is 16.4. The van der Waals surface area contributed by atoms with E-state index in [1.807, 2.05) is 6.07 Å². The molecule has 0 aliphatic carbocycles. The Kier molecular flexibility index (Phi) is 5.70. The van der Waals surface area contributed by atoms with E-state index in [1.165, 1.54) is 10.5 Å². The van der Waals surface area contributed by atoms with Crippen molar-refractivity contribution in [2.75, 3.05) is 31.5 Å². The van der Waals surface area contributed by atoms with Crippen molar-refractivity contribution in [1.29, 1.82) is 0 Å². The average molecular weight is 360 g/mol. The lowest BCUT2D eigenvalue weighted by atomic mass is 9.95. The van der Waals surface area contributed by atoms with Gasteiger partial charge in [-0.2, -0.15) is 0 Å². The molecule has 2 aliphatic heterocycles. The SMILES string of the molecule is O=C(O)CN1CCC(C(=O)NCCc2ccc3c(n2)NCCC3)CC1=O. The van der Waals surface area contributed by atoms with Gasteiger partial charge in [0.05, 0.1) is 0 Å². The van der Waals surface area contributed by atoms with Crippen LogP contribution in [0.15, 0.2) is 12.1 Å². The summed E-state index contributed by atoms with van der Waals surface area (Å²) < 4.78 is 0. The van der Waals surface area contributed by atoms with E-state index < -0.39 is 5.97 Å². The molecular weight excluding hydrogens is 336 g/mol. The second-order valence-corrected chi connectivity index (χ2v) is 6.78. The van der Waals surface area contributed by atoms with Crippen LogP contribution in [0.25, 0.3) is 0 Å². The summed E-state index contributed by atoms with van der Waals surface area (Å²) in [7, 11) is 0. The molecule has 1 atom stereocenters. The number of aliphatic carboxylic acids is 1. The molecule has 140 valence electrons. The second kappa shape index (κ2) is 8.16. The summed E-state index contributed by atoms with van der Waals surface area (Å²) in [5.74, 6) is -0.902. The molecular formula is C18H24N4O4. The minimum Gasteiger partial charge on any atom is -0.480 e. The molecule has 0 aromatic carbocycles. The number of carboxylic acids is 1. The maximum atomic E-state index is 12.3. The molecule has 26 heavy (non-hydrogen) atoms. The number of likely N-dealkylation sites (tertiary alicyclic amines) is 1. The summed E-state index contributed by atoms with van der Waals surface area (Å²) in [6, 6.07) is 4.08. The lowest BCUT2D eigenvalue weighted by Crippen LogP contribution is -2.45. The van der Waals surface area contributed by atoms with Gasteiger partial charge in [0, 0.05) is 44.1 Å². The number of nitrogens with zero attached hydrogens (tertiary/aromatic N) is 2. The van der Waals surface area contributed by atoms with Crippen molar-refractivity contribution in [3.05, 3.63) is 23.4 Å². The van der Waals surface area contributed by atoms with E-state index in [0.717, 1.165) is 30.9 Å². The first kappa shape index (κ1) is 18.2. The molecule has 8 nitrogen and oxygen atoms in total. The minimum atomic E-state index is -1.03. The zero-order chi connectivity index (χ0) is 18.5. The van der Waals surface area contributed by atoms with Gasteiger partial charge in [-0.1, -0.05) is 6.07 Å². The van der Waals surface area contributed by atoms with Crippen LogP contribution in [0.3, 0.4) is 0 Å². The molecule has 0 bridgehead atoms. The Hall–Kier alpha value is -2.64. The van der Waals surface area contributed by atoms with Gasteiger partial charge in [0.25, 0.3) is 0 Å². The first-order valence-corrected chi connectivity index (χ1v) is 9.03.